The van der Waals surface area contributed by atoms with Gasteiger partial charge < -0.3 is 5.32 Å². The number of nitrogens with zero attached hydrogens (tertiary/aromatic N) is 2. The SMILES string of the molecule is O=C(CN1CCCCC1)Nc1nc2c(s1)CCCCCCCCCC2. The lowest BCUT2D eigenvalue weighted by molar-refractivity contribution is -0.117. The molecule has 0 bridgehead atoms. The van der Waals surface area contributed by atoms with Crippen molar-refractivity contribution in [3.05, 3.63) is 10.6 Å². The molecule has 2 aliphatic rings. The van der Waals surface area contributed by atoms with Crippen molar-refractivity contribution in [2.24, 2.45) is 0 Å². The van der Waals surface area contributed by atoms with Crippen LogP contribution in [0.1, 0.15) is 81.2 Å². The summed E-state index contributed by atoms with van der Waals surface area (Å²) in [6.45, 7) is 2.63. The van der Waals surface area contributed by atoms with Gasteiger partial charge in [-0.3, -0.25) is 9.69 Å². The fourth-order valence-electron chi connectivity index (χ4n) is 3.95. The number of likely N-dealkylation sites (tertiary alicyclic amines) is 1. The van der Waals surface area contributed by atoms with Gasteiger partial charge in [0.05, 0.1) is 12.2 Å². The van der Waals surface area contributed by atoms with Crippen molar-refractivity contribution >= 4 is 22.4 Å². The number of rotatable bonds is 3. The number of thiazole rings is 1. The van der Waals surface area contributed by atoms with E-state index in [0.29, 0.717) is 6.54 Å². The monoisotopic (exact) mass is 363 g/mol. The molecule has 5 heteroatoms. The number of hydrogen-bond acceptors (Lipinski definition) is 4. The largest absolute Gasteiger partial charge is 0.301 e. The van der Waals surface area contributed by atoms with E-state index in [-0.39, 0.29) is 5.91 Å². The van der Waals surface area contributed by atoms with E-state index in [9.17, 15) is 4.79 Å². The van der Waals surface area contributed by atoms with Crippen LogP contribution in [-0.4, -0.2) is 35.4 Å². The van der Waals surface area contributed by atoms with E-state index < -0.39 is 0 Å². The van der Waals surface area contributed by atoms with Crippen LogP contribution in [0.15, 0.2) is 0 Å². The zero-order chi connectivity index (χ0) is 17.3. The van der Waals surface area contributed by atoms with E-state index in [0.717, 1.165) is 31.1 Å². The summed E-state index contributed by atoms with van der Waals surface area (Å²) in [7, 11) is 0. The van der Waals surface area contributed by atoms with Crippen LogP contribution < -0.4 is 5.32 Å². The van der Waals surface area contributed by atoms with Gasteiger partial charge in [-0.25, -0.2) is 4.98 Å². The molecule has 0 saturated carbocycles. The van der Waals surface area contributed by atoms with E-state index in [1.807, 2.05) is 0 Å². The Kier molecular flexibility index (Phi) is 7.74. The predicted octanol–water partition coefficient (Wildman–Crippen LogP) is 4.79. The summed E-state index contributed by atoms with van der Waals surface area (Å²) in [4.78, 5) is 20.8. The molecule has 3 rings (SSSR count). The number of hydrogen-bond donors (Lipinski definition) is 1. The first kappa shape index (κ1) is 18.8. The highest BCUT2D eigenvalue weighted by Gasteiger charge is 2.17. The summed E-state index contributed by atoms with van der Waals surface area (Å²) in [5.74, 6) is 0.103. The third-order valence-corrected chi connectivity index (χ3v) is 6.48. The van der Waals surface area contributed by atoms with Crippen molar-refractivity contribution in [3.8, 4) is 0 Å². The van der Waals surface area contributed by atoms with Crippen LogP contribution in [0.2, 0.25) is 0 Å². The Hall–Kier alpha value is -0.940. The highest BCUT2D eigenvalue weighted by atomic mass is 32.1. The average Bonchev–Trinajstić information content (AvgIpc) is 2.97. The fraction of sp³-hybridized carbons (Fsp3) is 0.800. The molecule has 0 unspecified atom stereocenters. The molecule has 2 heterocycles. The summed E-state index contributed by atoms with van der Waals surface area (Å²) in [5, 5.41) is 3.89. The number of piperidine rings is 1. The summed E-state index contributed by atoms with van der Waals surface area (Å²) >= 11 is 1.71. The number of carbonyl (C=O) groups is 1. The van der Waals surface area contributed by atoms with Gasteiger partial charge in [-0.05, 0) is 51.6 Å². The Bertz CT molecular complexity index is 508. The quantitative estimate of drug-likeness (QED) is 0.840. The summed E-state index contributed by atoms with van der Waals surface area (Å²) < 4.78 is 0. The minimum atomic E-state index is 0.103. The number of amides is 1. The van der Waals surface area contributed by atoms with Crippen LogP contribution in [0.25, 0.3) is 0 Å². The Labute approximate surface area is 156 Å². The van der Waals surface area contributed by atoms with E-state index in [1.54, 1.807) is 11.3 Å². The van der Waals surface area contributed by atoms with Crippen molar-refractivity contribution in [1.82, 2.24) is 9.88 Å². The Morgan fingerprint density at radius 1 is 0.880 bits per heavy atom. The van der Waals surface area contributed by atoms with Crippen LogP contribution in [0.3, 0.4) is 0 Å². The van der Waals surface area contributed by atoms with Crippen molar-refractivity contribution in [2.75, 3.05) is 25.0 Å². The zero-order valence-corrected chi connectivity index (χ0v) is 16.3. The second kappa shape index (κ2) is 10.3. The van der Waals surface area contributed by atoms with Crippen LogP contribution in [0.4, 0.5) is 5.13 Å². The van der Waals surface area contributed by atoms with E-state index in [2.05, 4.69) is 10.2 Å². The molecule has 4 nitrogen and oxygen atoms in total. The van der Waals surface area contributed by atoms with Crippen molar-refractivity contribution in [1.29, 1.82) is 0 Å². The highest BCUT2D eigenvalue weighted by molar-refractivity contribution is 7.15. The molecular weight excluding hydrogens is 330 g/mol. The third kappa shape index (κ3) is 6.37. The molecule has 0 atom stereocenters. The fourth-order valence-corrected chi connectivity index (χ4v) is 5.01. The number of aromatic nitrogens is 1. The lowest BCUT2D eigenvalue weighted by Crippen LogP contribution is -2.36. The van der Waals surface area contributed by atoms with Gasteiger partial charge in [-0.1, -0.05) is 44.9 Å². The molecular formula is C20H33N3OS. The van der Waals surface area contributed by atoms with Gasteiger partial charge in [0.25, 0.3) is 0 Å². The molecule has 1 saturated heterocycles. The minimum absolute atomic E-state index is 0.103. The highest BCUT2D eigenvalue weighted by Crippen LogP contribution is 2.27. The van der Waals surface area contributed by atoms with Crippen LogP contribution >= 0.6 is 11.3 Å². The lowest BCUT2D eigenvalue weighted by Gasteiger charge is -2.25. The molecule has 0 radical (unpaired) electrons. The van der Waals surface area contributed by atoms with Gasteiger partial charge in [0, 0.05) is 4.88 Å². The Morgan fingerprint density at radius 2 is 1.48 bits per heavy atom. The first-order valence-corrected chi connectivity index (χ1v) is 11.1. The number of aryl methyl sites for hydroxylation is 2. The second-order valence-corrected chi connectivity index (χ2v) is 8.69. The molecule has 1 aromatic rings. The first-order valence-electron chi connectivity index (χ1n) is 10.3. The van der Waals surface area contributed by atoms with Crippen molar-refractivity contribution < 1.29 is 4.79 Å². The molecule has 140 valence electrons. The zero-order valence-electron chi connectivity index (χ0n) is 15.5. The molecule has 25 heavy (non-hydrogen) atoms. The molecule has 1 fully saturated rings. The summed E-state index contributed by atoms with van der Waals surface area (Å²) in [6, 6.07) is 0. The average molecular weight is 364 g/mol. The Balaban J connectivity index is 1.56. The predicted molar refractivity (Wildman–Crippen MR) is 105 cm³/mol. The second-order valence-electron chi connectivity index (χ2n) is 7.60. The van der Waals surface area contributed by atoms with E-state index in [1.165, 1.54) is 81.2 Å². The molecule has 1 aromatic heterocycles. The van der Waals surface area contributed by atoms with E-state index >= 15 is 0 Å². The number of fused-ring (bicyclic) bond motifs is 1. The Morgan fingerprint density at radius 3 is 2.20 bits per heavy atom. The summed E-state index contributed by atoms with van der Waals surface area (Å²) in [6.07, 6.45) is 16.6. The van der Waals surface area contributed by atoms with Gasteiger partial charge in [0.2, 0.25) is 5.91 Å². The van der Waals surface area contributed by atoms with Crippen LogP contribution in [0, 0.1) is 0 Å². The van der Waals surface area contributed by atoms with Gasteiger partial charge in [0.15, 0.2) is 5.13 Å². The number of nitrogens with one attached hydrogen (secondary N) is 1. The summed E-state index contributed by atoms with van der Waals surface area (Å²) in [5.41, 5.74) is 1.25. The van der Waals surface area contributed by atoms with Gasteiger partial charge in [0.1, 0.15) is 0 Å². The molecule has 1 aliphatic heterocycles. The number of anilines is 1. The first-order chi connectivity index (χ1) is 12.3. The molecule has 0 aromatic carbocycles. The number of carbonyl (C=O) groups excluding carboxylic acids is 1. The topological polar surface area (TPSA) is 45.2 Å². The molecule has 0 spiro atoms. The van der Waals surface area contributed by atoms with Crippen molar-refractivity contribution in [2.45, 2.75) is 83.5 Å². The lowest BCUT2D eigenvalue weighted by atomic mass is 10.0. The van der Waals surface area contributed by atoms with Crippen LogP contribution in [0.5, 0.6) is 0 Å². The third-order valence-electron chi connectivity index (χ3n) is 5.41. The smallest absolute Gasteiger partial charge is 0.240 e. The molecule has 1 N–H and O–H groups in total. The molecule has 1 amide bonds. The van der Waals surface area contributed by atoms with Gasteiger partial charge >= 0.3 is 0 Å². The van der Waals surface area contributed by atoms with Gasteiger partial charge in [-0.2, -0.15) is 0 Å². The maximum Gasteiger partial charge on any atom is 0.240 e. The van der Waals surface area contributed by atoms with Gasteiger partial charge in [-0.15, -0.1) is 11.3 Å². The van der Waals surface area contributed by atoms with E-state index in [4.69, 9.17) is 4.98 Å². The van der Waals surface area contributed by atoms with Crippen LogP contribution in [-0.2, 0) is 17.6 Å². The maximum absolute atomic E-state index is 12.3. The standard InChI is InChI=1S/C20H33N3OS/c24-19(16-23-14-10-7-11-15-23)22-20-21-17-12-8-5-3-1-2-4-6-9-13-18(17)25-20/h1-16H2,(H,21,22,24). The normalized spacial score (nSPS) is 21.0. The molecule has 1 aliphatic carbocycles. The maximum atomic E-state index is 12.3. The minimum Gasteiger partial charge on any atom is -0.301 e. The van der Waals surface area contributed by atoms with Crippen molar-refractivity contribution in [3.63, 3.8) is 0 Å².